The van der Waals surface area contributed by atoms with Crippen LogP contribution in [0.2, 0.25) is 0 Å². The molecule has 0 unspecified atom stereocenters. The van der Waals surface area contributed by atoms with Crippen molar-refractivity contribution in [2.24, 2.45) is 5.41 Å². The number of carbonyl (C=O) groups excluding carboxylic acids is 1. The Morgan fingerprint density at radius 1 is 1.29 bits per heavy atom. The fraction of sp³-hybridized carbons (Fsp3) is 0.556. The van der Waals surface area contributed by atoms with Gasteiger partial charge in [0.05, 0.1) is 0 Å². The third kappa shape index (κ3) is 4.94. The van der Waals surface area contributed by atoms with Crippen molar-refractivity contribution in [2.75, 3.05) is 13.1 Å². The molecule has 1 aromatic rings. The van der Waals surface area contributed by atoms with Crippen molar-refractivity contribution in [2.45, 2.75) is 46.1 Å². The van der Waals surface area contributed by atoms with E-state index in [-0.39, 0.29) is 28.7 Å². The van der Waals surface area contributed by atoms with Gasteiger partial charge in [-0.05, 0) is 17.5 Å². The topological polar surface area (TPSA) is 66.8 Å². The maximum atomic E-state index is 13.4. The van der Waals surface area contributed by atoms with Crippen molar-refractivity contribution < 1.29 is 23.8 Å². The number of piperidine rings is 1. The number of aromatic carboxylic acids is 1. The number of carboxylic acids is 1. The minimum atomic E-state index is -1.15. The number of halogens is 1. The van der Waals surface area contributed by atoms with Gasteiger partial charge in [-0.1, -0.05) is 20.8 Å². The highest BCUT2D eigenvalue weighted by atomic mass is 19.1. The van der Waals surface area contributed by atoms with Crippen LogP contribution >= 0.6 is 0 Å². The summed E-state index contributed by atoms with van der Waals surface area (Å²) in [7, 11) is 0. The van der Waals surface area contributed by atoms with Crippen LogP contribution in [0.3, 0.4) is 0 Å². The summed E-state index contributed by atoms with van der Waals surface area (Å²) >= 11 is 0. The van der Waals surface area contributed by atoms with E-state index in [1.165, 1.54) is 6.07 Å². The zero-order valence-electron chi connectivity index (χ0n) is 14.3. The van der Waals surface area contributed by atoms with Crippen molar-refractivity contribution in [3.05, 3.63) is 29.6 Å². The molecular formula is C18H24FNO4. The van der Waals surface area contributed by atoms with Crippen LogP contribution in [0.5, 0.6) is 5.75 Å². The summed E-state index contributed by atoms with van der Waals surface area (Å²) < 4.78 is 19.1. The number of likely N-dealkylation sites (tertiary alicyclic amines) is 1. The first-order valence-corrected chi connectivity index (χ1v) is 8.13. The third-order valence-electron chi connectivity index (χ3n) is 3.94. The molecule has 0 aliphatic carbocycles. The normalized spacial score (nSPS) is 16.1. The first kappa shape index (κ1) is 18.2. The molecule has 5 nitrogen and oxygen atoms in total. The zero-order valence-corrected chi connectivity index (χ0v) is 14.3. The van der Waals surface area contributed by atoms with Gasteiger partial charge in [-0.15, -0.1) is 0 Å². The lowest BCUT2D eigenvalue weighted by Gasteiger charge is -2.34. The average molecular weight is 337 g/mol. The highest BCUT2D eigenvalue weighted by Crippen LogP contribution is 2.26. The molecule has 1 fully saturated rings. The molecule has 1 aliphatic rings. The summed E-state index contributed by atoms with van der Waals surface area (Å²) in [5, 5.41) is 9.15. The van der Waals surface area contributed by atoms with Crippen LogP contribution in [0.1, 0.15) is 50.4 Å². The van der Waals surface area contributed by atoms with Gasteiger partial charge in [0.1, 0.15) is 23.2 Å². The number of carbonyl (C=O) groups is 2. The lowest BCUT2D eigenvalue weighted by molar-refractivity contribution is -0.134. The molecule has 1 N–H and O–H groups in total. The quantitative estimate of drug-likeness (QED) is 0.915. The van der Waals surface area contributed by atoms with E-state index in [0.29, 0.717) is 32.4 Å². The monoisotopic (exact) mass is 337 g/mol. The van der Waals surface area contributed by atoms with Crippen molar-refractivity contribution >= 4 is 11.9 Å². The van der Waals surface area contributed by atoms with E-state index in [4.69, 9.17) is 9.84 Å². The fourth-order valence-corrected chi connectivity index (χ4v) is 2.74. The van der Waals surface area contributed by atoms with Crippen LogP contribution in [0.15, 0.2) is 18.2 Å². The van der Waals surface area contributed by atoms with Gasteiger partial charge in [-0.2, -0.15) is 0 Å². The molecule has 0 bridgehead atoms. The summed E-state index contributed by atoms with van der Waals surface area (Å²) in [5.74, 6) is -1.52. The Morgan fingerprint density at radius 3 is 2.46 bits per heavy atom. The molecule has 24 heavy (non-hydrogen) atoms. The smallest absolute Gasteiger partial charge is 0.339 e. The zero-order chi connectivity index (χ0) is 17.9. The number of hydrogen-bond donors (Lipinski definition) is 1. The van der Waals surface area contributed by atoms with Crippen LogP contribution < -0.4 is 4.74 Å². The fourth-order valence-electron chi connectivity index (χ4n) is 2.74. The molecule has 1 saturated heterocycles. The van der Waals surface area contributed by atoms with Crippen LogP contribution in [-0.4, -0.2) is 41.1 Å². The van der Waals surface area contributed by atoms with Gasteiger partial charge in [0.25, 0.3) is 0 Å². The second kappa shape index (κ2) is 7.20. The summed E-state index contributed by atoms with van der Waals surface area (Å²) in [5.41, 5.74) is -0.106. The Labute approximate surface area is 141 Å². The van der Waals surface area contributed by atoms with Gasteiger partial charge < -0.3 is 14.7 Å². The van der Waals surface area contributed by atoms with Gasteiger partial charge >= 0.3 is 5.97 Å². The highest BCUT2D eigenvalue weighted by molar-refractivity contribution is 5.90. The van der Waals surface area contributed by atoms with Gasteiger partial charge in [-0.25, -0.2) is 9.18 Å². The van der Waals surface area contributed by atoms with Gasteiger partial charge in [-0.3, -0.25) is 4.79 Å². The molecular weight excluding hydrogens is 313 g/mol. The molecule has 0 atom stereocenters. The largest absolute Gasteiger partial charge is 0.489 e. The van der Waals surface area contributed by atoms with Gasteiger partial charge in [0, 0.05) is 38.4 Å². The molecule has 1 aliphatic heterocycles. The number of benzene rings is 1. The lowest BCUT2D eigenvalue weighted by atomic mass is 9.91. The number of rotatable bonds is 4. The summed E-state index contributed by atoms with van der Waals surface area (Å²) in [6, 6.07) is 3.40. The third-order valence-corrected chi connectivity index (χ3v) is 3.94. The predicted molar refractivity (Wildman–Crippen MR) is 87.7 cm³/mol. The first-order valence-electron chi connectivity index (χ1n) is 8.13. The highest BCUT2D eigenvalue weighted by Gasteiger charge is 2.27. The number of nitrogens with zero attached hydrogens (tertiary/aromatic N) is 1. The van der Waals surface area contributed by atoms with Crippen molar-refractivity contribution in [3.63, 3.8) is 0 Å². The van der Waals surface area contributed by atoms with Crippen LogP contribution in [-0.2, 0) is 4.79 Å². The Morgan fingerprint density at radius 2 is 1.92 bits per heavy atom. The minimum absolute atomic E-state index is 0.0435. The standard InChI is InChI=1S/C18H24FNO4/c1-18(2,3)11-16(21)20-8-6-13(7-9-20)24-15-10-12(19)4-5-14(15)17(22)23/h4-5,10,13H,6-9,11H2,1-3H3,(H,22,23). The summed E-state index contributed by atoms with van der Waals surface area (Å²) in [4.78, 5) is 25.2. The average Bonchev–Trinajstić information content (AvgIpc) is 2.46. The van der Waals surface area contributed by atoms with Crippen LogP contribution in [0, 0.1) is 11.2 Å². The van der Waals surface area contributed by atoms with Crippen molar-refractivity contribution in [1.29, 1.82) is 0 Å². The number of amides is 1. The lowest BCUT2D eigenvalue weighted by Crippen LogP contribution is -2.42. The molecule has 1 heterocycles. The van der Waals surface area contributed by atoms with E-state index in [9.17, 15) is 14.0 Å². The van der Waals surface area contributed by atoms with E-state index < -0.39 is 11.8 Å². The van der Waals surface area contributed by atoms with Gasteiger partial charge in [0.2, 0.25) is 5.91 Å². The molecule has 0 aromatic heterocycles. The molecule has 1 aromatic carbocycles. The molecule has 0 spiro atoms. The number of hydrogen-bond acceptors (Lipinski definition) is 3. The van der Waals surface area contributed by atoms with E-state index in [0.717, 1.165) is 12.1 Å². The maximum absolute atomic E-state index is 13.4. The first-order chi connectivity index (χ1) is 11.2. The number of carboxylic acid groups (broad SMARTS) is 1. The molecule has 0 saturated carbocycles. The summed E-state index contributed by atoms with van der Waals surface area (Å²) in [6.45, 7) is 7.21. The maximum Gasteiger partial charge on any atom is 0.339 e. The van der Waals surface area contributed by atoms with Crippen LogP contribution in [0.4, 0.5) is 4.39 Å². The molecule has 1 amide bonds. The minimum Gasteiger partial charge on any atom is -0.489 e. The second-order valence-corrected chi connectivity index (χ2v) is 7.38. The Kier molecular flexibility index (Phi) is 5.47. The molecule has 0 radical (unpaired) electrons. The van der Waals surface area contributed by atoms with E-state index in [1.54, 1.807) is 0 Å². The number of ether oxygens (including phenoxy) is 1. The SMILES string of the molecule is CC(C)(C)CC(=O)N1CCC(Oc2cc(F)ccc2C(=O)O)CC1. The Hall–Kier alpha value is -2.11. The van der Waals surface area contributed by atoms with E-state index >= 15 is 0 Å². The molecule has 6 heteroatoms. The van der Waals surface area contributed by atoms with E-state index in [2.05, 4.69) is 0 Å². The Balaban J connectivity index is 1.95. The Bertz CT molecular complexity index is 616. The second-order valence-electron chi connectivity index (χ2n) is 7.38. The van der Waals surface area contributed by atoms with E-state index in [1.807, 2.05) is 25.7 Å². The molecule has 2 rings (SSSR count). The predicted octanol–water partition coefficient (Wildman–Crippen LogP) is 3.33. The van der Waals surface area contributed by atoms with Crippen molar-refractivity contribution in [3.8, 4) is 5.75 Å². The van der Waals surface area contributed by atoms with Gasteiger partial charge in [0.15, 0.2) is 0 Å². The van der Waals surface area contributed by atoms with Crippen LogP contribution in [0.25, 0.3) is 0 Å². The summed E-state index contributed by atoms with van der Waals surface area (Å²) in [6.07, 6.45) is 1.48. The van der Waals surface area contributed by atoms with Crippen molar-refractivity contribution in [1.82, 2.24) is 4.90 Å². The molecule has 132 valence electrons.